The standard InChI is InChI=1S/C11H9N3O5/c12-19-11(18)9(15)14-8-4-7-5(1-2-13-7)3-6(8)10(16)17/h1-4,13H,12H2,(H,14,15)(H,16,17). The molecule has 8 nitrogen and oxygen atoms in total. The highest BCUT2D eigenvalue weighted by molar-refractivity contribution is 6.37. The Bertz CT molecular complexity index is 676. The number of carbonyl (C=O) groups is 3. The van der Waals surface area contributed by atoms with E-state index in [4.69, 9.17) is 5.11 Å². The van der Waals surface area contributed by atoms with E-state index >= 15 is 0 Å². The Morgan fingerprint density at radius 3 is 2.68 bits per heavy atom. The molecule has 5 N–H and O–H groups in total. The molecule has 0 aliphatic heterocycles. The summed E-state index contributed by atoms with van der Waals surface area (Å²) in [5, 5.41) is 11.9. The number of anilines is 1. The lowest BCUT2D eigenvalue weighted by Crippen LogP contribution is -2.28. The molecule has 0 bridgehead atoms. The second-order valence-electron chi connectivity index (χ2n) is 3.63. The van der Waals surface area contributed by atoms with Crippen molar-refractivity contribution in [3.05, 3.63) is 30.0 Å². The molecule has 0 atom stereocenters. The van der Waals surface area contributed by atoms with Gasteiger partial charge in [0.05, 0.1) is 11.3 Å². The maximum Gasteiger partial charge on any atom is 0.415 e. The van der Waals surface area contributed by atoms with E-state index < -0.39 is 17.8 Å². The van der Waals surface area contributed by atoms with Crippen molar-refractivity contribution < 1.29 is 24.3 Å². The van der Waals surface area contributed by atoms with Gasteiger partial charge in [0.15, 0.2) is 0 Å². The summed E-state index contributed by atoms with van der Waals surface area (Å²) in [6.45, 7) is 0. The van der Waals surface area contributed by atoms with Gasteiger partial charge in [-0.05, 0) is 18.2 Å². The number of hydrogen-bond acceptors (Lipinski definition) is 5. The molecule has 1 amide bonds. The van der Waals surface area contributed by atoms with Crippen LogP contribution in [0, 0.1) is 0 Å². The zero-order valence-electron chi connectivity index (χ0n) is 9.47. The van der Waals surface area contributed by atoms with Crippen molar-refractivity contribution in [2.24, 2.45) is 5.90 Å². The first-order valence-electron chi connectivity index (χ1n) is 5.09. The Kier molecular flexibility index (Phi) is 3.17. The van der Waals surface area contributed by atoms with Gasteiger partial charge < -0.3 is 20.2 Å². The number of carbonyl (C=O) groups excluding carboxylic acids is 2. The van der Waals surface area contributed by atoms with Gasteiger partial charge in [-0.15, -0.1) is 0 Å². The molecular weight excluding hydrogens is 254 g/mol. The van der Waals surface area contributed by atoms with Gasteiger partial charge in [0.2, 0.25) is 0 Å². The van der Waals surface area contributed by atoms with E-state index in [1.807, 2.05) is 0 Å². The first-order valence-corrected chi connectivity index (χ1v) is 5.09. The van der Waals surface area contributed by atoms with Gasteiger partial charge in [-0.3, -0.25) is 4.79 Å². The minimum atomic E-state index is -1.32. The van der Waals surface area contributed by atoms with E-state index in [-0.39, 0.29) is 11.3 Å². The predicted octanol–water partition coefficient (Wildman–Crippen LogP) is 0.221. The summed E-state index contributed by atoms with van der Waals surface area (Å²) in [4.78, 5) is 39.9. The van der Waals surface area contributed by atoms with E-state index in [0.29, 0.717) is 10.9 Å². The average Bonchev–Trinajstić information content (AvgIpc) is 2.83. The number of amides is 1. The molecule has 19 heavy (non-hydrogen) atoms. The number of carboxylic acids is 1. The highest BCUT2D eigenvalue weighted by Crippen LogP contribution is 2.23. The van der Waals surface area contributed by atoms with E-state index in [9.17, 15) is 14.4 Å². The highest BCUT2D eigenvalue weighted by Gasteiger charge is 2.19. The molecule has 98 valence electrons. The van der Waals surface area contributed by atoms with Crippen molar-refractivity contribution in [1.29, 1.82) is 0 Å². The van der Waals surface area contributed by atoms with Gasteiger partial charge >= 0.3 is 17.8 Å². The maximum absolute atomic E-state index is 11.3. The number of rotatable bonds is 2. The van der Waals surface area contributed by atoms with Gasteiger partial charge in [-0.25, -0.2) is 9.59 Å². The average molecular weight is 263 g/mol. The van der Waals surface area contributed by atoms with Crippen LogP contribution in [0.15, 0.2) is 24.4 Å². The van der Waals surface area contributed by atoms with Crippen LogP contribution in [0.1, 0.15) is 10.4 Å². The van der Waals surface area contributed by atoms with Crippen LogP contribution in [0.25, 0.3) is 10.9 Å². The Morgan fingerprint density at radius 1 is 1.32 bits per heavy atom. The SMILES string of the molecule is NOC(=O)C(=O)Nc1cc2[nH]ccc2cc1C(=O)O. The third kappa shape index (κ3) is 2.38. The molecule has 2 aromatic rings. The van der Waals surface area contributed by atoms with Crippen molar-refractivity contribution in [3.63, 3.8) is 0 Å². The van der Waals surface area contributed by atoms with Crippen molar-refractivity contribution in [3.8, 4) is 0 Å². The van der Waals surface area contributed by atoms with Crippen LogP contribution >= 0.6 is 0 Å². The summed E-state index contributed by atoms with van der Waals surface area (Å²) in [7, 11) is 0. The van der Waals surface area contributed by atoms with Crippen molar-refractivity contribution in [1.82, 2.24) is 4.98 Å². The number of carboxylic acid groups (broad SMARTS) is 1. The summed E-state index contributed by atoms with van der Waals surface area (Å²) < 4.78 is 0. The molecule has 1 aromatic heterocycles. The Balaban J connectivity index is 2.45. The van der Waals surface area contributed by atoms with Crippen molar-refractivity contribution in [2.45, 2.75) is 0 Å². The van der Waals surface area contributed by atoms with E-state index in [2.05, 4.69) is 21.0 Å². The molecule has 0 fully saturated rings. The molecule has 8 heteroatoms. The zero-order valence-corrected chi connectivity index (χ0v) is 9.47. The number of aromatic amines is 1. The molecule has 1 aromatic carbocycles. The monoisotopic (exact) mass is 263 g/mol. The van der Waals surface area contributed by atoms with Crippen LogP contribution in [0.3, 0.4) is 0 Å². The van der Waals surface area contributed by atoms with Gasteiger partial charge in [0, 0.05) is 17.1 Å². The Hall–Kier alpha value is -2.87. The lowest BCUT2D eigenvalue weighted by molar-refractivity contribution is -0.152. The number of nitrogens with two attached hydrogens (primary N) is 1. The molecule has 0 saturated heterocycles. The summed E-state index contributed by atoms with van der Waals surface area (Å²) >= 11 is 0. The third-order valence-corrected chi connectivity index (χ3v) is 2.46. The largest absolute Gasteiger partial charge is 0.478 e. The van der Waals surface area contributed by atoms with Gasteiger partial charge in [-0.1, -0.05) is 0 Å². The van der Waals surface area contributed by atoms with Crippen LogP contribution in [0.4, 0.5) is 5.69 Å². The van der Waals surface area contributed by atoms with Crippen molar-refractivity contribution >= 4 is 34.4 Å². The number of fused-ring (bicyclic) bond motifs is 1. The number of hydrogen-bond donors (Lipinski definition) is 4. The first kappa shape index (κ1) is 12.6. The number of aromatic nitrogens is 1. The predicted molar refractivity (Wildman–Crippen MR) is 64.2 cm³/mol. The number of nitrogens with one attached hydrogen (secondary N) is 2. The molecule has 0 saturated carbocycles. The zero-order chi connectivity index (χ0) is 14.0. The summed E-state index contributed by atoms with van der Waals surface area (Å²) in [5.41, 5.74) is 0.435. The minimum Gasteiger partial charge on any atom is -0.478 e. The van der Waals surface area contributed by atoms with Crippen molar-refractivity contribution in [2.75, 3.05) is 5.32 Å². The van der Waals surface area contributed by atoms with Crippen LogP contribution < -0.4 is 11.2 Å². The molecule has 1 heterocycles. The van der Waals surface area contributed by atoms with E-state index in [1.165, 1.54) is 12.1 Å². The molecule has 0 unspecified atom stereocenters. The molecule has 0 spiro atoms. The molecule has 2 rings (SSSR count). The number of aromatic carboxylic acids is 1. The van der Waals surface area contributed by atoms with Gasteiger partial charge in [-0.2, -0.15) is 5.90 Å². The molecule has 0 aliphatic rings. The smallest absolute Gasteiger partial charge is 0.415 e. The number of H-pyrrole nitrogens is 1. The van der Waals surface area contributed by atoms with Crippen LogP contribution in [0.5, 0.6) is 0 Å². The Labute approximate surface area is 106 Å². The third-order valence-electron chi connectivity index (χ3n) is 2.46. The van der Waals surface area contributed by atoms with Gasteiger partial charge in [0.1, 0.15) is 0 Å². The maximum atomic E-state index is 11.3. The first-order chi connectivity index (χ1) is 9.02. The fourth-order valence-electron chi connectivity index (χ4n) is 1.61. The quantitative estimate of drug-likeness (QED) is 0.452. The Morgan fingerprint density at radius 2 is 2.05 bits per heavy atom. The van der Waals surface area contributed by atoms with Gasteiger partial charge in [0.25, 0.3) is 0 Å². The second-order valence-corrected chi connectivity index (χ2v) is 3.63. The van der Waals surface area contributed by atoms with Crippen LogP contribution in [-0.4, -0.2) is 27.9 Å². The second kappa shape index (κ2) is 4.78. The fourth-order valence-corrected chi connectivity index (χ4v) is 1.61. The summed E-state index contributed by atoms with van der Waals surface area (Å²) in [6, 6.07) is 4.46. The topological polar surface area (TPSA) is 135 Å². The summed E-state index contributed by atoms with van der Waals surface area (Å²) in [5.74, 6) is 0.856. The van der Waals surface area contributed by atoms with E-state index in [1.54, 1.807) is 12.3 Å². The van der Waals surface area contributed by atoms with Crippen LogP contribution in [-0.2, 0) is 14.4 Å². The lowest BCUT2D eigenvalue weighted by Gasteiger charge is -2.07. The van der Waals surface area contributed by atoms with E-state index in [0.717, 1.165) is 0 Å². The highest BCUT2D eigenvalue weighted by atomic mass is 16.7. The number of benzene rings is 1. The fraction of sp³-hybridized carbons (Fsp3) is 0. The molecular formula is C11H9N3O5. The lowest BCUT2D eigenvalue weighted by atomic mass is 10.1. The molecule has 0 radical (unpaired) electrons. The van der Waals surface area contributed by atoms with Crippen LogP contribution in [0.2, 0.25) is 0 Å². The minimum absolute atomic E-state index is 0.0298. The normalized spacial score (nSPS) is 10.2. The molecule has 0 aliphatic carbocycles. The summed E-state index contributed by atoms with van der Waals surface area (Å²) in [6.07, 6.45) is 1.62.